The van der Waals surface area contributed by atoms with Crippen molar-refractivity contribution in [3.05, 3.63) is 23.3 Å². The predicted molar refractivity (Wildman–Crippen MR) is 106 cm³/mol. The number of ketones is 1. The van der Waals surface area contributed by atoms with Crippen LogP contribution in [0.4, 0.5) is 0 Å². The van der Waals surface area contributed by atoms with E-state index < -0.39 is 5.79 Å². The summed E-state index contributed by atoms with van der Waals surface area (Å²) < 4.78 is 12.9. The summed E-state index contributed by atoms with van der Waals surface area (Å²) >= 11 is 0. The molecule has 27 heavy (non-hydrogen) atoms. The Morgan fingerprint density at radius 2 is 1.96 bits per heavy atom. The molecule has 1 N–H and O–H groups in total. The van der Waals surface area contributed by atoms with Crippen molar-refractivity contribution < 1.29 is 19.4 Å². The highest BCUT2D eigenvalue weighted by atomic mass is 16.7. The first-order chi connectivity index (χ1) is 13.1. The maximum Gasteiger partial charge on any atom is 0.189 e. The van der Waals surface area contributed by atoms with Gasteiger partial charge in [-0.05, 0) is 49.5 Å². The number of aliphatic hydroxyl groups excluding tert-OH is 1. The molecule has 152 valence electrons. The van der Waals surface area contributed by atoms with Crippen LogP contribution in [0.15, 0.2) is 23.3 Å². The summed E-state index contributed by atoms with van der Waals surface area (Å²) in [6.07, 6.45) is 16.3. The first-order valence-electron chi connectivity index (χ1n) is 11.0. The first kappa shape index (κ1) is 20.8. The number of unbranched alkanes of at least 4 members (excludes halogenated alkanes) is 5. The largest absolute Gasteiger partial charge is 0.392 e. The monoisotopic (exact) mass is 376 g/mol. The van der Waals surface area contributed by atoms with E-state index in [1.165, 1.54) is 38.5 Å². The smallest absolute Gasteiger partial charge is 0.189 e. The minimum absolute atomic E-state index is 0.0299. The Bertz CT molecular complexity index is 579. The molecule has 0 amide bonds. The molecule has 0 saturated carbocycles. The lowest BCUT2D eigenvalue weighted by molar-refractivity contribution is -0.275. The van der Waals surface area contributed by atoms with Crippen molar-refractivity contribution in [2.75, 3.05) is 6.61 Å². The number of fused-ring (bicyclic) bond motifs is 1. The van der Waals surface area contributed by atoms with Crippen LogP contribution in [0.3, 0.4) is 0 Å². The van der Waals surface area contributed by atoms with Crippen LogP contribution in [0.5, 0.6) is 0 Å². The number of carbonyl (C=O) groups excluding carboxylic acids is 1. The molecule has 1 fully saturated rings. The quantitative estimate of drug-likeness (QED) is 0.486. The molecule has 0 aromatic heterocycles. The normalized spacial score (nSPS) is 33.6. The number of rotatable bonds is 8. The molecule has 4 nitrogen and oxygen atoms in total. The van der Waals surface area contributed by atoms with Gasteiger partial charge in [0.2, 0.25) is 0 Å². The van der Waals surface area contributed by atoms with Crippen LogP contribution in [0, 0.1) is 5.92 Å². The maximum absolute atomic E-state index is 12.1. The molecule has 3 aliphatic rings. The fourth-order valence-corrected chi connectivity index (χ4v) is 4.73. The lowest BCUT2D eigenvalue weighted by atomic mass is 9.78. The van der Waals surface area contributed by atoms with Crippen molar-refractivity contribution in [2.24, 2.45) is 5.92 Å². The zero-order valence-electron chi connectivity index (χ0n) is 17.0. The Morgan fingerprint density at radius 1 is 1.19 bits per heavy atom. The summed E-state index contributed by atoms with van der Waals surface area (Å²) in [5.41, 5.74) is 1.67. The zero-order chi connectivity index (χ0) is 19.3. The van der Waals surface area contributed by atoms with Crippen molar-refractivity contribution in [1.82, 2.24) is 0 Å². The molecule has 2 aliphatic heterocycles. The minimum Gasteiger partial charge on any atom is -0.392 e. The molecule has 1 saturated heterocycles. The Kier molecular flexibility index (Phi) is 7.29. The molecule has 1 aliphatic carbocycles. The van der Waals surface area contributed by atoms with E-state index in [1.54, 1.807) is 0 Å². The van der Waals surface area contributed by atoms with Crippen LogP contribution in [0.25, 0.3) is 0 Å². The van der Waals surface area contributed by atoms with E-state index in [0.29, 0.717) is 6.42 Å². The highest BCUT2D eigenvalue weighted by Crippen LogP contribution is 2.43. The van der Waals surface area contributed by atoms with Gasteiger partial charge in [-0.1, -0.05) is 45.4 Å². The van der Waals surface area contributed by atoms with Crippen LogP contribution in [-0.2, 0) is 14.3 Å². The van der Waals surface area contributed by atoms with Crippen LogP contribution in [0.1, 0.15) is 84.5 Å². The second-order valence-electron chi connectivity index (χ2n) is 8.54. The number of allylic oxidation sites excluding steroid dienone is 1. The number of carbonyl (C=O) groups is 1. The highest BCUT2D eigenvalue weighted by Gasteiger charge is 2.46. The fourth-order valence-electron chi connectivity index (χ4n) is 4.73. The van der Waals surface area contributed by atoms with E-state index in [4.69, 9.17) is 9.47 Å². The number of hydrogen-bond donors (Lipinski definition) is 1. The third-order valence-electron chi connectivity index (χ3n) is 6.35. The summed E-state index contributed by atoms with van der Waals surface area (Å²) in [4.78, 5) is 12.1. The maximum atomic E-state index is 12.1. The van der Waals surface area contributed by atoms with Gasteiger partial charge in [-0.15, -0.1) is 0 Å². The van der Waals surface area contributed by atoms with Crippen LogP contribution >= 0.6 is 0 Å². The van der Waals surface area contributed by atoms with Gasteiger partial charge >= 0.3 is 0 Å². The van der Waals surface area contributed by atoms with Gasteiger partial charge in [0.05, 0.1) is 18.8 Å². The Morgan fingerprint density at radius 3 is 2.74 bits per heavy atom. The average molecular weight is 377 g/mol. The Balaban J connectivity index is 1.61. The van der Waals surface area contributed by atoms with Gasteiger partial charge in [-0.2, -0.15) is 0 Å². The molecule has 3 rings (SSSR count). The van der Waals surface area contributed by atoms with Crippen molar-refractivity contribution in [3.63, 3.8) is 0 Å². The van der Waals surface area contributed by atoms with Gasteiger partial charge in [0.15, 0.2) is 11.6 Å². The summed E-state index contributed by atoms with van der Waals surface area (Å²) in [6, 6.07) is 0. The van der Waals surface area contributed by atoms with Gasteiger partial charge in [-0.25, -0.2) is 0 Å². The van der Waals surface area contributed by atoms with E-state index in [1.807, 2.05) is 19.1 Å². The standard InChI is InChI=1S/C23H36O4/c1-3-4-5-6-7-8-10-19-11-9-12-23(26-19)15-18(16-24)20-14-21(25)17(2)13-22(20)27-23/h13,15,19-20,22,24H,3-12,14,16H2,1-2H3/t19-,20-,22-,23+/m1/s1. The summed E-state index contributed by atoms with van der Waals surface area (Å²) in [6.45, 7) is 4.07. The molecule has 4 heteroatoms. The summed E-state index contributed by atoms with van der Waals surface area (Å²) in [5, 5.41) is 9.89. The number of aliphatic hydroxyl groups is 1. The van der Waals surface area contributed by atoms with Crippen molar-refractivity contribution in [1.29, 1.82) is 0 Å². The first-order valence-corrected chi connectivity index (χ1v) is 11.0. The number of hydrogen-bond acceptors (Lipinski definition) is 4. The van der Waals surface area contributed by atoms with Gasteiger partial charge < -0.3 is 14.6 Å². The molecular weight excluding hydrogens is 340 g/mol. The van der Waals surface area contributed by atoms with E-state index in [2.05, 4.69) is 6.92 Å². The van der Waals surface area contributed by atoms with Gasteiger partial charge in [0.25, 0.3) is 0 Å². The molecular formula is C23H36O4. The second-order valence-corrected chi connectivity index (χ2v) is 8.54. The molecule has 2 heterocycles. The predicted octanol–water partition coefficient (Wildman–Crippen LogP) is 4.86. The SMILES string of the molecule is CCCCCCCC[C@@H]1CCC[C@]2(C=C(CO)[C@H]3CC(=O)C(C)=C[C@H]3O2)O1. The number of ether oxygens (including phenoxy) is 2. The molecule has 4 atom stereocenters. The second kappa shape index (κ2) is 9.49. The topological polar surface area (TPSA) is 55.8 Å². The lowest BCUT2D eigenvalue weighted by Gasteiger charge is -2.47. The molecule has 0 aromatic rings. The van der Waals surface area contributed by atoms with Crippen molar-refractivity contribution >= 4 is 5.78 Å². The van der Waals surface area contributed by atoms with Gasteiger partial charge in [0, 0.05) is 18.8 Å². The van der Waals surface area contributed by atoms with E-state index >= 15 is 0 Å². The Hall–Kier alpha value is -0.970. The zero-order valence-corrected chi connectivity index (χ0v) is 17.0. The van der Waals surface area contributed by atoms with Crippen molar-refractivity contribution in [2.45, 2.75) is 102 Å². The highest BCUT2D eigenvalue weighted by molar-refractivity contribution is 5.96. The van der Waals surface area contributed by atoms with Crippen LogP contribution in [0.2, 0.25) is 0 Å². The van der Waals surface area contributed by atoms with E-state index in [-0.39, 0.29) is 30.5 Å². The fraction of sp³-hybridized carbons (Fsp3) is 0.783. The third kappa shape index (κ3) is 5.10. The van der Waals surface area contributed by atoms with Gasteiger partial charge in [-0.3, -0.25) is 4.79 Å². The Labute approximate surface area is 164 Å². The summed E-state index contributed by atoms with van der Waals surface area (Å²) in [5.74, 6) is -0.610. The average Bonchev–Trinajstić information content (AvgIpc) is 2.65. The van der Waals surface area contributed by atoms with E-state index in [0.717, 1.165) is 36.8 Å². The molecule has 0 unspecified atom stereocenters. The minimum atomic E-state index is -0.721. The lowest BCUT2D eigenvalue weighted by Crippen LogP contribution is -2.50. The molecule has 0 radical (unpaired) electrons. The summed E-state index contributed by atoms with van der Waals surface area (Å²) in [7, 11) is 0. The van der Waals surface area contributed by atoms with E-state index in [9.17, 15) is 9.90 Å². The van der Waals surface area contributed by atoms with Gasteiger partial charge in [0.1, 0.15) is 0 Å². The van der Waals surface area contributed by atoms with Crippen molar-refractivity contribution in [3.8, 4) is 0 Å². The molecule has 0 aromatic carbocycles. The van der Waals surface area contributed by atoms with Crippen LogP contribution in [-0.4, -0.2) is 35.5 Å². The third-order valence-corrected chi connectivity index (χ3v) is 6.35. The number of Topliss-reactive ketones (excluding diaryl/α,β-unsaturated/α-hetero) is 1. The van der Waals surface area contributed by atoms with Crippen LogP contribution < -0.4 is 0 Å². The molecule has 0 bridgehead atoms. The molecule has 1 spiro atoms.